The Balaban J connectivity index is 0.000000100. The highest BCUT2D eigenvalue weighted by Gasteiger charge is 2.32. The molecule has 0 aliphatic heterocycles. The Morgan fingerprint density at radius 1 is 0.188 bits per heavy atom. The van der Waals surface area contributed by atoms with Crippen LogP contribution in [0, 0.1) is 0 Å². The molecule has 31 aromatic rings. The van der Waals surface area contributed by atoms with Gasteiger partial charge in [-0.2, -0.15) is 0 Å². The zero-order valence-electron chi connectivity index (χ0n) is 74.0. The topological polar surface area (TPSA) is 110 Å². The zero-order valence-corrected chi connectivity index (χ0v) is 74.8. The van der Waals surface area contributed by atoms with E-state index in [0.717, 1.165) is 138 Å². The van der Waals surface area contributed by atoms with E-state index in [1.165, 1.54) is 128 Å². The molecule has 0 saturated heterocycles. The van der Waals surface area contributed by atoms with Crippen molar-refractivity contribution in [3.05, 3.63) is 449 Å². The number of fused-ring (bicyclic) bond motifs is 39. The minimum Gasteiger partial charge on any atom is -0.454 e. The molecule has 0 spiro atoms. The summed E-state index contributed by atoms with van der Waals surface area (Å²) in [6.45, 7) is 0. The summed E-state index contributed by atoms with van der Waals surface area (Å²) in [6, 6.07) is 159. The summed E-state index contributed by atoms with van der Waals surface area (Å²) < 4.78 is 18.7. The number of hydrogen-bond acceptors (Lipinski definition) is 8. The van der Waals surface area contributed by atoms with Gasteiger partial charge in [-0.25, -0.2) is 29.9 Å². The van der Waals surface area contributed by atoms with Gasteiger partial charge >= 0.3 is 0 Å². The maximum atomic E-state index is 6.80. The summed E-state index contributed by atoms with van der Waals surface area (Å²) in [5, 5.41) is 32.2. The Kier molecular flexibility index (Phi) is 17.1. The summed E-state index contributed by atoms with van der Waals surface area (Å²) in [5.41, 5.74) is 20.3. The number of para-hydroxylation sites is 6. The van der Waals surface area contributed by atoms with E-state index in [0.29, 0.717) is 17.8 Å². The van der Waals surface area contributed by atoms with Crippen LogP contribution in [0.4, 0.5) is 0 Å². The molecular weight excluding hydrogens is 1700 g/mol. The molecular formula is C126H74N10OS. The van der Waals surface area contributed by atoms with Crippen LogP contribution in [0.3, 0.4) is 0 Å². The van der Waals surface area contributed by atoms with E-state index in [9.17, 15) is 0 Å². The zero-order chi connectivity index (χ0) is 90.3. The molecule has 0 radical (unpaired) electrons. The Morgan fingerprint density at radius 3 is 0.971 bits per heavy atom. The fourth-order valence-corrected chi connectivity index (χ4v) is 23.7. The molecule has 0 atom stereocenters. The van der Waals surface area contributed by atoms with Crippen LogP contribution in [-0.4, -0.2) is 48.2 Å². The van der Waals surface area contributed by atoms with Crippen LogP contribution in [0.25, 0.3) is 284 Å². The van der Waals surface area contributed by atoms with Crippen molar-refractivity contribution in [2.75, 3.05) is 0 Å². The van der Waals surface area contributed by atoms with Crippen LogP contribution >= 0.6 is 11.3 Å². The van der Waals surface area contributed by atoms with Crippen molar-refractivity contribution in [3.8, 4) is 57.3 Å². The summed E-state index contributed by atoms with van der Waals surface area (Å²) in [5.74, 6) is 1.96. The molecule has 0 saturated carbocycles. The summed E-state index contributed by atoms with van der Waals surface area (Å²) in [4.78, 5) is 32.1. The van der Waals surface area contributed by atoms with E-state index in [-0.39, 0.29) is 0 Å². The van der Waals surface area contributed by atoms with Gasteiger partial charge < -0.3 is 8.98 Å². The quantitative estimate of drug-likeness (QED) is 0.156. The first-order valence-corrected chi connectivity index (χ1v) is 47.6. The molecule has 0 aliphatic rings. The molecule has 0 bridgehead atoms. The average molecular weight is 1780 g/mol. The standard InChI is InChI=1S/C46H28N4.C40H23N3O.C40H23N3S/c1-3-16-30(17-4-1)43-35-23-11-13-25-37(35)47-46(48-43)50-39-28-27-29-15-7-8-20-32(29)41(39)42-34-22-10-9-21-33(34)40-36-24-12-14-26-38(36)49(44(40)45(42)50)31-18-5-2-6-19-31;2*1-2-13-25(14-3-1)37-29-18-8-10-20-31(29)41-40(42-37)43-32-23-22-24-12-4-5-15-26(24)35(32)36-28-17-7-6-16-27(28)34-30-19-9-11-21-33(30)44-39(34)38(36)43/h1-28H;2*1-23H. The number of furan rings is 1. The second-order valence-corrected chi connectivity index (χ2v) is 36.7. The minimum absolute atomic E-state index is 0.620. The molecule has 138 heavy (non-hydrogen) atoms. The second kappa shape index (κ2) is 30.6. The first-order chi connectivity index (χ1) is 68.5. The Morgan fingerprint density at radius 2 is 0.507 bits per heavy atom. The van der Waals surface area contributed by atoms with Crippen molar-refractivity contribution in [3.63, 3.8) is 0 Å². The first kappa shape index (κ1) is 77.3. The van der Waals surface area contributed by atoms with Gasteiger partial charge in [-0.15, -0.1) is 11.3 Å². The number of aromatic nitrogens is 10. The Labute approximate surface area is 791 Å². The molecule has 22 aromatic carbocycles. The van der Waals surface area contributed by atoms with Gasteiger partial charge in [0.05, 0.1) is 76.9 Å². The Bertz CT molecular complexity index is 10200. The molecule has 9 aromatic heterocycles. The lowest BCUT2D eigenvalue weighted by atomic mass is 9.96. The highest BCUT2D eigenvalue weighted by atomic mass is 32.1. The van der Waals surface area contributed by atoms with E-state index in [2.05, 4.69) is 449 Å². The van der Waals surface area contributed by atoms with Crippen LogP contribution in [0.15, 0.2) is 453 Å². The second-order valence-electron chi connectivity index (χ2n) is 35.6. The predicted molar refractivity (Wildman–Crippen MR) is 577 cm³/mol. The van der Waals surface area contributed by atoms with E-state index < -0.39 is 0 Å². The molecule has 12 heteroatoms. The van der Waals surface area contributed by atoms with Gasteiger partial charge in [0.1, 0.15) is 11.1 Å². The monoisotopic (exact) mass is 1770 g/mol. The lowest BCUT2D eigenvalue weighted by Crippen LogP contribution is -2.05. The number of nitrogens with zero attached hydrogens (tertiary/aromatic N) is 10. The number of benzene rings is 22. The van der Waals surface area contributed by atoms with Crippen LogP contribution in [0.2, 0.25) is 0 Å². The summed E-state index contributed by atoms with van der Waals surface area (Å²) in [7, 11) is 0. The third-order valence-corrected chi connectivity index (χ3v) is 29.4. The van der Waals surface area contributed by atoms with Gasteiger partial charge in [0.15, 0.2) is 5.58 Å². The van der Waals surface area contributed by atoms with E-state index in [4.69, 9.17) is 34.3 Å². The smallest absolute Gasteiger partial charge is 0.235 e. The van der Waals surface area contributed by atoms with Gasteiger partial charge in [-0.1, -0.05) is 382 Å². The largest absolute Gasteiger partial charge is 0.454 e. The third kappa shape index (κ3) is 11.5. The van der Waals surface area contributed by atoms with Crippen molar-refractivity contribution in [1.82, 2.24) is 48.2 Å². The van der Waals surface area contributed by atoms with Crippen LogP contribution in [0.5, 0.6) is 0 Å². The van der Waals surface area contributed by atoms with Gasteiger partial charge in [-0.3, -0.25) is 13.7 Å². The molecule has 31 rings (SSSR count). The summed E-state index contributed by atoms with van der Waals surface area (Å²) in [6.07, 6.45) is 0. The highest BCUT2D eigenvalue weighted by molar-refractivity contribution is 7.27. The van der Waals surface area contributed by atoms with Crippen molar-refractivity contribution in [2.45, 2.75) is 0 Å². The number of hydrogen-bond donors (Lipinski definition) is 0. The Hall–Kier alpha value is -18.4. The summed E-state index contributed by atoms with van der Waals surface area (Å²) >= 11 is 1.86. The maximum Gasteiger partial charge on any atom is 0.235 e. The highest BCUT2D eigenvalue weighted by Crippen LogP contribution is 2.54. The van der Waals surface area contributed by atoms with Crippen molar-refractivity contribution in [1.29, 1.82) is 0 Å². The normalized spacial score (nSPS) is 12.1. The van der Waals surface area contributed by atoms with Crippen LogP contribution < -0.4 is 0 Å². The number of rotatable bonds is 7. The van der Waals surface area contributed by atoms with Gasteiger partial charge in [0.2, 0.25) is 17.8 Å². The molecule has 9 heterocycles. The number of thiophene rings is 1. The molecule has 640 valence electrons. The third-order valence-electron chi connectivity index (χ3n) is 28.2. The fraction of sp³-hybridized carbons (Fsp3) is 0. The minimum atomic E-state index is 0.620. The van der Waals surface area contributed by atoms with E-state index in [1.807, 2.05) is 29.5 Å². The van der Waals surface area contributed by atoms with Crippen molar-refractivity contribution >= 4 is 238 Å². The maximum absolute atomic E-state index is 6.80. The van der Waals surface area contributed by atoms with Crippen LogP contribution in [0.1, 0.15) is 0 Å². The van der Waals surface area contributed by atoms with Crippen molar-refractivity contribution in [2.24, 2.45) is 0 Å². The molecule has 0 unspecified atom stereocenters. The lowest BCUT2D eigenvalue weighted by Gasteiger charge is -2.14. The van der Waals surface area contributed by atoms with E-state index >= 15 is 0 Å². The molecule has 0 amide bonds. The van der Waals surface area contributed by atoms with Crippen LogP contribution in [-0.2, 0) is 0 Å². The molecule has 0 N–H and O–H groups in total. The first-order valence-electron chi connectivity index (χ1n) is 46.7. The van der Waals surface area contributed by atoms with Gasteiger partial charge in [0, 0.05) is 108 Å². The predicted octanol–water partition coefficient (Wildman–Crippen LogP) is 33.5. The lowest BCUT2D eigenvalue weighted by molar-refractivity contribution is 0.671. The SMILES string of the molecule is c1ccc(-c2nc(-n3c4ccc5ccccc5c4c4c5ccccc5c5c6ccccc6n(-c6ccccc6)c5c43)nc3ccccc23)cc1.c1ccc(-c2nc(-n3c4ccc5ccccc5c4c4c5ccccc5c5c6ccccc6oc5c43)nc3ccccc23)cc1.c1ccc(-c2nc(-n3c4ccc5ccccc5c4c4c5ccccc5c5c6ccccc6sc5c43)nc3ccccc23)cc1. The molecule has 0 aliphatic carbocycles. The van der Waals surface area contributed by atoms with Gasteiger partial charge in [0.25, 0.3) is 0 Å². The van der Waals surface area contributed by atoms with Crippen molar-refractivity contribution < 1.29 is 4.42 Å². The average Bonchev–Trinajstić information content (AvgIpc) is 1.51. The van der Waals surface area contributed by atoms with E-state index in [1.54, 1.807) is 0 Å². The fourth-order valence-electron chi connectivity index (χ4n) is 22.5. The molecule has 11 nitrogen and oxygen atoms in total. The van der Waals surface area contributed by atoms with Gasteiger partial charge in [-0.05, 0) is 131 Å². The molecule has 0 fully saturated rings.